The van der Waals surface area contributed by atoms with Gasteiger partial charge in [0.25, 0.3) is 0 Å². The van der Waals surface area contributed by atoms with Crippen molar-refractivity contribution in [1.29, 1.82) is 0 Å². The number of rotatable bonds is 5. The van der Waals surface area contributed by atoms with Crippen molar-refractivity contribution in [3.8, 4) is 11.5 Å². The Morgan fingerprint density at radius 2 is 2.00 bits per heavy atom. The largest absolute Gasteiger partial charge is 0.496 e. The third-order valence-electron chi connectivity index (χ3n) is 2.86. The Hall–Kier alpha value is -1.23. The molecule has 0 amide bonds. The molecular formula is C15H14BrClO3. The second kappa shape index (κ2) is 6.97. The molecule has 0 aliphatic heterocycles. The van der Waals surface area contributed by atoms with E-state index in [2.05, 4.69) is 15.9 Å². The summed E-state index contributed by atoms with van der Waals surface area (Å²) in [5.41, 5.74) is 1.49. The molecule has 0 heterocycles. The maximum absolute atomic E-state index is 9.34. The Morgan fingerprint density at radius 3 is 2.70 bits per heavy atom. The van der Waals surface area contributed by atoms with Crippen LogP contribution in [0.15, 0.2) is 40.9 Å². The zero-order valence-corrected chi connectivity index (χ0v) is 13.2. The van der Waals surface area contributed by atoms with Crippen LogP contribution in [0.25, 0.3) is 0 Å². The minimum absolute atomic E-state index is 0.162. The molecule has 0 spiro atoms. The molecule has 1 N–H and O–H groups in total. The molecule has 0 saturated heterocycles. The van der Waals surface area contributed by atoms with E-state index in [1.807, 2.05) is 18.2 Å². The molecule has 0 fully saturated rings. The molecule has 106 valence electrons. The van der Waals surface area contributed by atoms with Gasteiger partial charge < -0.3 is 14.6 Å². The standard InChI is InChI=1S/C15H14BrClO3/c1-19-14-6-5-11(16)7-10(14)9-20-15-4-2-3-13(17)12(15)8-18/h2-7,18H,8-9H2,1H3. The fourth-order valence-electron chi connectivity index (χ4n) is 1.84. The highest BCUT2D eigenvalue weighted by atomic mass is 79.9. The third kappa shape index (κ3) is 3.45. The molecule has 0 atom stereocenters. The molecule has 0 aliphatic carbocycles. The number of aliphatic hydroxyl groups is 1. The minimum Gasteiger partial charge on any atom is -0.496 e. The molecule has 5 heteroatoms. The summed E-state index contributed by atoms with van der Waals surface area (Å²) in [7, 11) is 1.62. The van der Waals surface area contributed by atoms with E-state index < -0.39 is 0 Å². The molecular weight excluding hydrogens is 344 g/mol. The number of methoxy groups -OCH3 is 1. The average Bonchev–Trinajstić information content (AvgIpc) is 2.45. The van der Waals surface area contributed by atoms with Gasteiger partial charge in [0.05, 0.1) is 13.7 Å². The van der Waals surface area contributed by atoms with Gasteiger partial charge >= 0.3 is 0 Å². The lowest BCUT2D eigenvalue weighted by Crippen LogP contribution is -2.01. The van der Waals surface area contributed by atoms with E-state index in [1.54, 1.807) is 25.3 Å². The fourth-order valence-corrected chi connectivity index (χ4v) is 2.48. The smallest absolute Gasteiger partial charge is 0.126 e. The molecule has 0 bridgehead atoms. The van der Waals surface area contributed by atoms with Gasteiger partial charge in [0.2, 0.25) is 0 Å². The Kier molecular flexibility index (Phi) is 5.29. The van der Waals surface area contributed by atoms with Crippen LogP contribution in [0.3, 0.4) is 0 Å². The van der Waals surface area contributed by atoms with Crippen LogP contribution >= 0.6 is 27.5 Å². The van der Waals surface area contributed by atoms with Crippen molar-refractivity contribution in [2.24, 2.45) is 0 Å². The molecule has 0 radical (unpaired) electrons. The highest BCUT2D eigenvalue weighted by molar-refractivity contribution is 9.10. The average molecular weight is 358 g/mol. The molecule has 2 aromatic carbocycles. The molecule has 20 heavy (non-hydrogen) atoms. The van der Waals surface area contributed by atoms with Crippen molar-refractivity contribution in [3.05, 3.63) is 57.0 Å². The molecule has 0 aliphatic rings. The van der Waals surface area contributed by atoms with Crippen molar-refractivity contribution in [1.82, 2.24) is 0 Å². The molecule has 2 aromatic rings. The first-order chi connectivity index (χ1) is 9.65. The van der Waals surface area contributed by atoms with Gasteiger partial charge in [0, 0.05) is 20.6 Å². The Morgan fingerprint density at radius 1 is 1.20 bits per heavy atom. The molecule has 0 aromatic heterocycles. The van der Waals surface area contributed by atoms with E-state index in [4.69, 9.17) is 21.1 Å². The Balaban J connectivity index is 2.21. The highest BCUT2D eigenvalue weighted by Gasteiger charge is 2.09. The lowest BCUT2D eigenvalue weighted by atomic mass is 10.2. The van der Waals surface area contributed by atoms with E-state index in [9.17, 15) is 5.11 Å². The summed E-state index contributed by atoms with van der Waals surface area (Å²) in [6, 6.07) is 11.0. The first-order valence-corrected chi connectivity index (χ1v) is 7.16. The van der Waals surface area contributed by atoms with Crippen LogP contribution in [0.2, 0.25) is 5.02 Å². The Bertz CT molecular complexity index is 600. The summed E-state index contributed by atoms with van der Waals surface area (Å²) in [6.45, 7) is 0.167. The fraction of sp³-hybridized carbons (Fsp3) is 0.200. The van der Waals surface area contributed by atoms with Crippen LogP contribution in [0.5, 0.6) is 11.5 Å². The number of benzene rings is 2. The second-order valence-electron chi connectivity index (χ2n) is 4.12. The first-order valence-electron chi connectivity index (χ1n) is 5.99. The molecule has 2 rings (SSSR count). The summed E-state index contributed by atoms with van der Waals surface area (Å²) < 4.78 is 12.0. The summed E-state index contributed by atoms with van der Waals surface area (Å²) >= 11 is 9.44. The highest BCUT2D eigenvalue weighted by Crippen LogP contribution is 2.29. The minimum atomic E-state index is -0.162. The van der Waals surface area contributed by atoms with Crippen LogP contribution in [0, 0.1) is 0 Å². The van der Waals surface area contributed by atoms with Gasteiger partial charge in [0.15, 0.2) is 0 Å². The van der Waals surface area contributed by atoms with E-state index in [-0.39, 0.29) is 6.61 Å². The van der Waals surface area contributed by atoms with Crippen molar-refractivity contribution in [3.63, 3.8) is 0 Å². The predicted octanol–water partition coefficient (Wildman–Crippen LogP) is 4.18. The maximum Gasteiger partial charge on any atom is 0.126 e. The van der Waals surface area contributed by atoms with Crippen molar-refractivity contribution < 1.29 is 14.6 Å². The third-order valence-corrected chi connectivity index (χ3v) is 3.71. The number of aliphatic hydroxyl groups excluding tert-OH is 1. The van der Waals surface area contributed by atoms with Crippen molar-refractivity contribution in [2.75, 3.05) is 7.11 Å². The van der Waals surface area contributed by atoms with E-state index in [1.165, 1.54) is 0 Å². The number of hydrogen-bond acceptors (Lipinski definition) is 3. The van der Waals surface area contributed by atoms with Crippen LogP contribution < -0.4 is 9.47 Å². The van der Waals surface area contributed by atoms with Gasteiger partial charge in [-0.15, -0.1) is 0 Å². The Labute approximate surface area is 131 Å². The number of hydrogen-bond donors (Lipinski definition) is 1. The topological polar surface area (TPSA) is 38.7 Å². The normalized spacial score (nSPS) is 10.4. The zero-order chi connectivity index (χ0) is 14.5. The lowest BCUT2D eigenvalue weighted by Gasteiger charge is -2.13. The molecule has 0 saturated carbocycles. The van der Waals surface area contributed by atoms with Crippen LogP contribution in [0.1, 0.15) is 11.1 Å². The zero-order valence-electron chi connectivity index (χ0n) is 10.9. The monoisotopic (exact) mass is 356 g/mol. The van der Waals surface area contributed by atoms with Crippen molar-refractivity contribution in [2.45, 2.75) is 13.2 Å². The van der Waals surface area contributed by atoms with Crippen LogP contribution in [0.4, 0.5) is 0 Å². The molecule has 0 unspecified atom stereocenters. The van der Waals surface area contributed by atoms with Gasteiger partial charge in [-0.2, -0.15) is 0 Å². The quantitative estimate of drug-likeness (QED) is 0.872. The van der Waals surface area contributed by atoms with Crippen molar-refractivity contribution >= 4 is 27.5 Å². The lowest BCUT2D eigenvalue weighted by molar-refractivity contribution is 0.257. The summed E-state index contributed by atoms with van der Waals surface area (Å²) in [5, 5.41) is 9.84. The maximum atomic E-state index is 9.34. The van der Waals surface area contributed by atoms with Gasteiger partial charge in [-0.1, -0.05) is 33.6 Å². The van der Waals surface area contributed by atoms with E-state index in [0.717, 1.165) is 15.8 Å². The first kappa shape index (κ1) is 15.2. The SMILES string of the molecule is COc1ccc(Br)cc1COc1cccc(Cl)c1CO. The predicted molar refractivity (Wildman–Crippen MR) is 82.4 cm³/mol. The number of halogens is 2. The van der Waals surface area contributed by atoms with Gasteiger partial charge in [-0.3, -0.25) is 0 Å². The van der Waals surface area contributed by atoms with Gasteiger partial charge in [-0.05, 0) is 30.3 Å². The van der Waals surface area contributed by atoms with Crippen LogP contribution in [-0.4, -0.2) is 12.2 Å². The van der Waals surface area contributed by atoms with E-state index in [0.29, 0.717) is 22.9 Å². The van der Waals surface area contributed by atoms with Gasteiger partial charge in [-0.25, -0.2) is 0 Å². The van der Waals surface area contributed by atoms with Crippen LogP contribution in [-0.2, 0) is 13.2 Å². The number of ether oxygens (including phenoxy) is 2. The van der Waals surface area contributed by atoms with Gasteiger partial charge in [0.1, 0.15) is 18.1 Å². The van der Waals surface area contributed by atoms with E-state index >= 15 is 0 Å². The summed E-state index contributed by atoms with van der Waals surface area (Å²) in [4.78, 5) is 0. The molecule has 3 nitrogen and oxygen atoms in total. The summed E-state index contributed by atoms with van der Waals surface area (Å²) in [6.07, 6.45) is 0. The second-order valence-corrected chi connectivity index (χ2v) is 5.44. The summed E-state index contributed by atoms with van der Waals surface area (Å²) in [5.74, 6) is 1.32.